The Balaban J connectivity index is 1.62. The van der Waals surface area contributed by atoms with E-state index in [0.717, 1.165) is 9.26 Å². The van der Waals surface area contributed by atoms with Crippen LogP contribution in [0.1, 0.15) is 0 Å². The molecular formula is C17H10ClIN4O. The standard InChI is InChI=1S/C17H10ClIN4O/c18-11-5-6-15-14(7-11)22-16(24-15)10-8-20-17(21-9-10)23-13-4-2-1-3-12(13)19/h1-9H,(H,20,21,23). The van der Waals surface area contributed by atoms with E-state index in [1.54, 1.807) is 30.6 Å². The van der Waals surface area contributed by atoms with Crippen LogP contribution in [0.2, 0.25) is 5.02 Å². The number of benzene rings is 2. The Morgan fingerprint density at radius 1 is 1.04 bits per heavy atom. The monoisotopic (exact) mass is 448 g/mol. The average molecular weight is 449 g/mol. The lowest BCUT2D eigenvalue weighted by molar-refractivity contribution is 0.619. The maximum atomic E-state index is 5.97. The molecule has 4 aromatic rings. The zero-order chi connectivity index (χ0) is 16.5. The molecule has 0 atom stereocenters. The molecule has 0 unspecified atom stereocenters. The van der Waals surface area contributed by atoms with E-state index in [2.05, 4.69) is 42.9 Å². The lowest BCUT2D eigenvalue weighted by atomic mass is 10.3. The molecule has 118 valence electrons. The Hall–Kier alpha value is -2.19. The van der Waals surface area contributed by atoms with Crippen LogP contribution >= 0.6 is 34.2 Å². The van der Waals surface area contributed by atoms with Gasteiger partial charge < -0.3 is 9.73 Å². The van der Waals surface area contributed by atoms with Gasteiger partial charge in [0, 0.05) is 21.0 Å². The van der Waals surface area contributed by atoms with Gasteiger partial charge in [0.15, 0.2) is 5.58 Å². The van der Waals surface area contributed by atoms with E-state index in [-0.39, 0.29) is 0 Å². The lowest BCUT2D eigenvalue weighted by Gasteiger charge is -2.06. The van der Waals surface area contributed by atoms with Crippen LogP contribution in [-0.2, 0) is 0 Å². The van der Waals surface area contributed by atoms with E-state index in [4.69, 9.17) is 16.0 Å². The van der Waals surface area contributed by atoms with Gasteiger partial charge in [0.25, 0.3) is 0 Å². The fourth-order valence-corrected chi connectivity index (χ4v) is 2.90. The van der Waals surface area contributed by atoms with Crippen LogP contribution in [0.25, 0.3) is 22.6 Å². The number of anilines is 2. The molecule has 0 aliphatic carbocycles. The van der Waals surface area contributed by atoms with Crippen LogP contribution in [0.3, 0.4) is 0 Å². The van der Waals surface area contributed by atoms with Gasteiger partial charge in [0.1, 0.15) is 5.52 Å². The van der Waals surface area contributed by atoms with Crippen molar-refractivity contribution in [3.05, 3.63) is 63.5 Å². The summed E-state index contributed by atoms with van der Waals surface area (Å²) in [5.41, 5.74) is 3.05. The maximum absolute atomic E-state index is 5.97. The topological polar surface area (TPSA) is 63.8 Å². The summed E-state index contributed by atoms with van der Waals surface area (Å²) in [4.78, 5) is 13.1. The van der Waals surface area contributed by atoms with Crippen molar-refractivity contribution in [2.45, 2.75) is 0 Å². The van der Waals surface area contributed by atoms with E-state index < -0.39 is 0 Å². The fourth-order valence-electron chi connectivity index (χ4n) is 2.21. The number of rotatable bonds is 3. The SMILES string of the molecule is Clc1ccc2oc(-c3cnc(Nc4ccccc4I)nc3)nc2c1. The van der Waals surface area contributed by atoms with Crippen molar-refractivity contribution in [2.75, 3.05) is 5.32 Å². The fraction of sp³-hybridized carbons (Fsp3) is 0. The smallest absolute Gasteiger partial charge is 0.230 e. The molecule has 4 rings (SSSR count). The van der Waals surface area contributed by atoms with Crippen LogP contribution in [0, 0.1) is 3.57 Å². The summed E-state index contributed by atoms with van der Waals surface area (Å²) in [5.74, 6) is 0.982. The van der Waals surface area contributed by atoms with E-state index in [1.807, 2.05) is 24.3 Å². The highest BCUT2D eigenvalue weighted by molar-refractivity contribution is 14.1. The van der Waals surface area contributed by atoms with Gasteiger partial charge in [-0.2, -0.15) is 0 Å². The second kappa shape index (κ2) is 6.37. The molecule has 24 heavy (non-hydrogen) atoms. The van der Waals surface area contributed by atoms with Crippen LogP contribution in [-0.4, -0.2) is 15.0 Å². The Morgan fingerprint density at radius 2 is 1.83 bits per heavy atom. The zero-order valence-electron chi connectivity index (χ0n) is 12.2. The Bertz CT molecular complexity index is 1020. The molecule has 0 spiro atoms. The van der Waals surface area contributed by atoms with Crippen molar-refractivity contribution in [1.29, 1.82) is 0 Å². The second-order valence-corrected chi connectivity index (χ2v) is 6.63. The predicted octanol–water partition coefficient (Wildman–Crippen LogP) is 5.29. The summed E-state index contributed by atoms with van der Waals surface area (Å²) in [6, 6.07) is 13.3. The van der Waals surface area contributed by atoms with Crippen molar-refractivity contribution in [1.82, 2.24) is 15.0 Å². The molecule has 5 nitrogen and oxygen atoms in total. The summed E-state index contributed by atoms with van der Waals surface area (Å²) in [6.07, 6.45) is 3.36. The first-order valence-corrected chi connectivity index (χ1v) is 8.55. The first-order chi connectivity index (χ1) is 11.7. The Labute approximate surface area is 156 Å². The minimum absolute atomic E-state index is 0.466. The van der Waals surface area contributed by atoms with Crippen molar-refractivity contribution < 1.29 is 4.42 Å². The number of hydrogen-bond donors (Lipinski definition) is 1. The van der Waals surface area contributed by atoms with Gasteiger partial charge in [0.05, 0.1) is 11.3 Å². The molecule has 2 heterocycles. The van der Waals surface area contributed by atoms with Crippen molar-refractivity contribution in [3.8, 4) is 11.5 Å². The molecule has 0 amide bonds. The third-order valence-electron chi connectivity index (χ3n) is 3.37. The highest BCUT2D eigenvalue weighted by atomic mass is 127. The molecule has 0 aliphatic rings. The molecule has 1 N–H and O–H groups in total. The normalized spacial score (nSPS) is 10.9. The van der Waals surface area contributed by atoms with Crippen LogP contribution in [0.5, 0.6) is 0 Å². The van der Waals surface area contributed by atoms with Gasteiger partial charge >= 0.3 is 0 Å². The van der Waals surface area contributed by atoms with Gasteiger partial charge in [-0.3, -0.25) is 0 Å². The summed E-state index contributed by atoms with van der Waals surface area (Å²) in [7, 11) is 0. The number of oxazole rings is 1. The van der Waals surface area contributed by atoms with E-state index in [9.17, 15) is 0 Å². The Morgan fingerprint density at radius 3 is 2.62 bits per heavy atom. The molecular weight excluding hydrogens is 439 g/mol. The first kappa shape index (κ1) is 15.3. The van der Waals surface area contributed by atoms with Gasteiger partial charge in [-0.1, -0.05) is 23.7 Å². The molecule has 0 fully saturated rings. The quantitative estimate of drug-likeness (QED) is 0.432. The molecule has 0 aliphatic heterocycles. The van der Waals surface area contributed by atoms with Crippen LogP contribution < -0.4 is 5.32 Å². The average Bonchev–Trinajstić information content (AvgIpc) is 3.01. The minimum atomic E-state index is 0.466. The highest BCUT2D eigenvalue weighted by Crippen LogP contribution is 2.26. The van der Waals surface area contributed by atoms with E-state index in [0.29, 0.717) is 33.5 Å². The third-order valence-corrected chi connectivity index (χ3v) is 4.54. The van der Waals surface area contributed by atoms with Gasteiger partial charge in [0.2, 0.25) is 11.8 Å². The molecule has 2 aromatic heterocycles. The lowest BCUT2D eigenvalue weighted by Crippen LogP contribution is -1.98. The van der Waals surface area contributed by atoms with Crippen LogP contribution in [0.15, 0.2) is 59.3 Å². The number of para-hydroxylation sites is 1. The van der Waals surface area contributed by atoms with E-state index >= 15 is 0 Å². The van der Waals surface area contributed by atoms with Crippen molar-refractivity contribution in [3.63, 3.8) is 0 Å². The summed E-state index contributed by atoms with van der Waals surface area (Å²) in [6.45, 7) is 0. The first-order valence-electron chi connectivity index (χ1n) is 7.09. The molecule has 0 saturated heterocycles. The van der Waals surface area contributed by atoms with Gasteiger partial charge in [-0.15, -0.1) is 0 Å². The minimum Gasteiger partial charge on any atom is -0.436 e. The van der Waals surface area contributed by atoms with Crippen molar-refractivity contribution >= 4 is 56.9 Å². The summed E-state index contributed by atoms with van der Waals surface area (Å²) >= 11 is 8.23. The largest absolute Gasteiger partial charge is 0.436 e. The molecule has 0 bridgehead atoms. The van der Waals surface area contributed by atoms with Gasteiger partial charge in [-0.25, -0.2) is 15.0 Å². The van der Waals surface area contributed by atoms with Crippen LogP contribution in [0.4, 0.5) is 11.6 Å². The van der Waals surface area contributed by atoms with E-state index in [1.165, 1.54) is 0 Å². The molecule has 7 heteroatoms. The molecule has 0 saturated carbocycles. The van der Waals surface area contributed by atoms with Gasteiger partial charge in [-0.05, 0) is 52.9 Å². The molecule has 0 radical (unpaired) electrons. The third kappa shape index (κ3) is 3.07. The number of fused-ring (bicyclic) bond motifs is 1. The number of hydrogen-bond acceptors (Lipinski definition) is 5. The summed E-state index contributed by atoms with van der Waals surface area (Å²) in [5, 5.41) is 3.81. The summed E-state index contributed by atoms with van der Waals surface area (Å²) < 4.78 is 6.81. The number of nitrogens with zero attached hydrogens (tertiary/aromatic N) is 3. The number of aromatic nitrogens is 3. The zero-order valence-corrected chi connectivity index (χ0v) is 15.1. The highest BCUT2D eigenvalue weighted by Gasteiger charge is 2.10. The number of nitrogens with one attached hydrogen (secondary N) is 1. The number of halogens is 2. The second-order valence-electron chi connectivity index (χ2n) is 5.03. The Kier molecular flexibility index (Phi) is 4.07. The van der Waals surface area contributed by atoms with Crippen molar-refractivity contribution in [2.24, 2.45) is 0 Å². The maximum Gasteiger partial charge on any atom is 0.230 e. The molecule has 2 aromatic carbocycles. The predicted molar refractivity (Wildman–Crippen MR) is 102 cm³/mol.